The molecule has 8 heteroatoms. The summed E-state index contributed by atoms with van der Waals surface area (Å²) < 4.78 is 31.4. The lowest BCUT2D eigenvalue weighted by molar-refractivity contribution is 0.308. The molecule has 0 amide bonds. The SMILES string of the molecule is Cc1cc(Br)cc(S(N)(=O)=O)c1OCCc1ccnn1C. The van der Waals surface area contributed by atoms with Crippen LogP contribution in [0.25, 0.3) is 0 Å². The van der Waals surface area contributed by atoms with Crippen LogP contribution in [0.2, 0.25) is 0 Å². The van der Waals surface area contributed by atoms with E-state index in [0.717, 1.165) is 5.69 Å². The van der Waals surface area contributed by atoms with Crippen molar-refractivity contribution in [2.45, 2.75) is 18.2 Å². The first-order chi connectivity index (χ1) is 9.79. The molecule has 2 rings (SSSR count). The van der Waals surface area contributed by atoms with E-state index in [1.807, 2.05) is 13.1 Å². The maximum absolute atomic E-state index is 11.7. The van der Waals surface area contributed by atoms with Gasteiger partial charge in [-0.1, -0.05) is 15.9 Å². The normalized spacial score (nSPS) is 11.6. The summed E-state index contributed by atoms with van der Waals surface area (Å²) in [7, 11) is -2.00. The van der Waals surface area contributed by atoms with E-state index in [4.69, 9.17) is 9.88 Å². The summed E-state index contributed by atoms with van der Waals surface area (Å²) in [5, 5.41) is 9.31. The van der Waals surface area contributed by atoms with E-state index in [-0.39, 0.29) is 4.90 Å². The lowest BCUT2D eigenvalue weighted by Crippen LogP contribution is -2.16. The van der Waals surface area contributed by atoms with Gasteiger partial charge in [0.2, 0.25) is 10.0 Å². The second-order valence-corrected chi connectivity index (χ2v) is 7.09. The van der Waals surface area contributed by atoms with Crippen LogP contribution in [0.4, 0.5) is 0 Å². The summed E-state index contributed by atoms with van der Waals surface area (Å²) in [5.41, 5.74) is 1.71. The number of primary sulfonamides is 1. The van der Waals surface area contributed by atoms with Gasteiger partial charge in [-0.15, -0.1) is 0 Å². The van der Waals surface area contributed by atoms with Crippen LogP contribution in [0, 0.1) is 6.92 Å². The zero-order valence-corrected chi connectivity index (χ0v) is 14.1. The molecule has 0 unspecified atom stereocenters. The summed E-state index contributed by atoms with van der Waals surface area (Å²) in [5.74, 6) is 0.294. The van der Waals surface area contributed by atoms with Crippen LogP contribution in [0.15, 0.2) is 33.8 Å². The second-order valence-electron chi connectivity index (χ2n) is 4.64. The highest BCUT2D eigenvalue weighted by Gasteiger charge is 2.18. The minimum absolute atomic E-state index is 0.0145. The molecule has 0 radical (unpaired) electrons. The minimum Gasteiger partial charge on any atom is -0.491 e. The number of hydrogen-bond donors (Lipinski definition) is 1. The summed E-state index contributed by atoms with van der Waals surface area (Å²) >= 11 is 3.26. The molecule has 0 saturated heterocycles. The summed E-state index contributed by atoms with van der Waals surface area (Å²) in [6.45, 7) is 2.11. The van der Waals surface area contributed by atoms with Crippen molar-refractivity contribution in [3.05, 3.63) is 40.1 Å². The molecule has 21 heavy (non-hydrogen) atoms. The molecule has 1 aromatic heterocycles. The average molecular weight is 374 g/mol. The van der Waals surface area contributed by atoms with Crippen molar-refractivity contribution < 1.29 is 13.2 Å². The van der Waals surface area contributed by atoms with Crippen molar-refractivity contribution in [1.82, 2.24) is 9.78 Å². The fraction of sp³-hybridized carbons (Fsp3) is 0.308. The van der Waals surface area contributed by atoms with E-state index >= 15 is 0 Å². The number of hydrogen-bond acceptors (Lipinski definition) is 4. The van der Waals surface area contributed by atoms with Gasteiger partial charge in [0.05, 0.1) is 6.61 Å². The van der Waals surface area contributed by atoms with Crippen LogP contribution in [0.5, 0.6) is 5.75 Å². The topological polar surface area (TPSA) is 87.2 Å². The number of rotatable bonds is 5. The van der Waals surface area contributed by atoms with E-state index in [1.165, 1.54) is 6.07 Å². The first kappa shape index (κ1) is 16.0. The number of nitrogens with zero attached hydrogens (tertiary/aromatic N) is 2. The van der Waals surface area contributed by atoms with Crippen LogP contribution < -0.4 is 9.88 Å². The van der Waals surface area contributed by atoms with Crippen LogP contribution in [0.3, 0.4) is 0 Å². The number of nitrogens with two attached hydrogens (primary N) is 1. The average Bonchev–Trinajstić information content (AvgIpc) is 2.76. The number of ether oxygens (including phenoxy) is 1. The molecule has 1 heterocycles. The van der Waals surface area contributed by atoms with Crippen molar-refractivity contribution in [3.63, 3.8) is 0 Å². The van der Waals surface area contributed by atoms with Gasteiger partial charge in [0.25, 0.3) is 0 Å². The Bertz CT molecular complexity index is 756. The summed E-state index contributed by atoms with van der Waals surface area (Å²) in [6, 6.07) is 5.12. The van der Waals surface area contributed by atoms with Gasteiger partial charge in [0, 0.05) is 29.8 Å². The second kappa shape index (κ2) is 6.17. The molecule has 0 aliphatic rings. The van der Waals surface area contributed by atoms with Crippen molar-refractivity contribution in [2.75, 3.05) is 6.61 Å². The van der Waals surface area contributed by atoms with Crippen molar-refractivity contribution in [2.24, 2.45) is 12.2 Å². The van der Waals surface area contributed by atoms with E-state index in [9.17, 15) is 8.42 Å². The smallest absolute Gasteiger partial charge is 0.241 e. The van der Waals surface area contributed by atoms with Gasteiger partial charge in [0.1, 0.15) is 10.6 Å². The number of aromatic nitrogens is 2. The summed E-state index contributed by atoms with van der Waals surface area (Å²) in [6.07, 6.45) is 2.33. The Morgan fingerprint density at radius 1 is 1.43 bits per heavy atom. The van der Waals surface area contributed by atoms with Crippen LogP contribution >= 0.6 is 15.9 Å². The molecule has 0 atom stereocenters. The molecule has 0 fully saturated rings. The van der Waals surface area contributed by atoms with Gasteiger partial charge in [-0.3, -0.25) is 4.68 Å². The quantitative estimate of drug-likeness (QED) is 0.864. The molecule has 6 nitrogen and oxygen atoms in total. The monoisotopic (exact) mass is 373 g/mol. The van der Waals surface area contributed by atoms with Gasteiger partial charge >= 0.3 is 0 Å². The Balaban J connectivity index is 2.22. The lowest BCUT2D eigenvalue weighted by atomic mass is 10.2. The Labute approximate surface area is 132 Å². The molecule has 114 valence electrons. The maximum atomic E-state index is 11.7. The third kappa shape index (κ3) is 3.84. The van der Waals surface area contributed by atoms with Crippen molar-refractivity contribution in [3.8, 4) is 5.75 Å². The molecular weight excluding hydrogens is 358 g/mol. The van der Waals surface area contributed by atoms with Crippen molar-refractivity contribution in [1.29, 1.82) is 0 Å². The maximum Gasteiger partial charge on any atom is 0.241 e. The standard InChI is InChI=1S/C13H16BrN3O3S/c1-9-7-10(14)8-12(21(15,18)19)13(9)20-6-4-11-3-5-16-17(11)2/h3,5,7-8H,4,6H2,1-2H3,(H2,15,18,19). The van der Waals surface area contributed by atoms with Gasteiger partial charge < -0.3 is 4.74 Å². The van der Waals surface area contributed by atoms with Gasteiger partial charge in [-0.05, 0) is 30.7 Å². The fourth-order valence-electron chi connectivity index (χ4n) is 2.00. The van der Waals surface area contributed by atoms with Gasteiger partial charge in [-0.25, -0.2) is 13.6 Å². The molecule has 0 aliphatic heterocycles. The molecule has 0 bridgehead atoms. The predicted molar refractivity (Wildman–Crippen MR) is 82.7 cm³/mol. The molecular formula is C13H16BrN3O3S. The first-order valence-electron chi connectivity index (χ1n) is 6.21. The molecule has 2 aromatic rings. The predicted octanol–water partition coefficient (Wildman–Crippen LogP) is 1.76. The highest BCUT2D eigenvalue weighted by atomic mass is 79.9. The van der Waals surface area contributed by atoms with Gasteiger partial charge in [0.15, 0.2) is 0 Å². The summed E-state index contributed by atoms with van der Waals surface area (Å²) in [4.78, 5) is -0.0145. The third-order valence-corrected chi connectivity index (χ3v) is 4.41. The highest BCUT2D eigenvalue weighted by Crippen LogP contribution is 2.31. The van der Waals surface area contributed by atoms with E-state index < -0.39 is 10.0 Å². The number of halogens is 1. The molecule has 0 spiro atoms. The Morgan fingerprint density at radius 3 is 2.71 bits per heavy atom. The van der Waals surface area contributed by atoms with E-state index in [0.29, 0.717) is 28.8 Å². The minimum atomic E-state index is -3.84. The molecule has 0 aliphatic carbocycles. The van der Waals surface area contributed by atoms with E-state index in [2.05, 4.69) is 21.0 Å². The van der Waals surface area contributed by atoms with Crippen LogP contribution in [-0.2, 0) is 23.5 Å². The molecule has 1 aromatic carbocycles. The lowest BCUT2D eigenvalue weighted by Gasteiger charge is -2.13. The Kier molecular flexibility index (Phi) is 4.70. The number of benzene rings is 1. The number of aryl methyl sites for hydroxylation is 2. The van der Waals surface area contributed by atoms with Crippen LogP contribution in [-0.4, -0.2) is 24.8 Å². The molecule has 2 N–H and O–H groups in total. The third-order valence-electron chi connectivity index (χ3n) is 3.04. The highest BCUT2D eigenvalue weighted by molar-refractivity contribution is 9.10. The zero-order valence-electron chi connectivity index (χ0n) is 11.7. The Morgan fingerprint density at radius 2 is 2.14 bits per heavy atom. The van der Waals surface area contributed by atoms with E-state index in [1.54, 1.807) is 23.9 Å². The van der Waals surface area contributed by atoms with Crippen molar-refractivity contribution >= 4 is 26.0 Å². The first-order valence-corrected chi connectivity index (χ1v) is 8.55. The molecule has 0 saturated carbocycles. The largest absolute Gasteiger partial charge is 0.491 e. The van der Waals surface area contributed by atoms with Crippen LogP contribution in [0.1, 0.15) is 11.3 Å². The van der Waals surface area contributed by atoms with Gasteiger partial charge in [-0.2, -0.15) is 5.10 Å². The number of sulfonamides is 1. The zero-order chi connectivity index (χ0) is 15.6. The fourth-order valence-corrected chi connectivity index (χ4v) is 3.49. The Hall–Kier alpha value is -1.38.